The van der Waals surface area contributed by atoms with E-state index in [1.54, 1.807) is 0 Å². The molecule has 2 fully saturated rings. The van der Waals surface area contributed by atoms with Crippen LogP contribution in [0.1, 0.15) is 47.2 Å². The highest BCUT2D eigenvalue weighted by molar-refractivity contribution is 7.98. The Balaban J connectivity index is 1.21. The largest absolute Gasteiger partial charge is 0.489 e. The van der Waals surface area contributed by atoms with Crippen LogP contribution in [-0.4, -0.2) is 29.0 Å². The zero-order valence-electron chi connectivity index (χ0n) is 19.3. The second-order valence-electron chi connectivity index (χ2n) is 9.30. The molecule has 2 aliphatic heterocycles. The third kappa shape index (κ3) is 5.34. The molecule has 0 aromatic heterocycles. The number of hydrogen-bond donors (Lipinski definition) is 0. The van der Waals surface area contributed by atoms with Gasteiger partial charge in [-0.2, -0.15) is 0 Å². The maximum Gasteiger partial charge on any atom is 0.254 e. The van der Waals surface area contributed by atoms with Gasteiger partial charge in [-0.15, -0.1) is 11.8 Å². The lowest BCUT2D eigenvalue weighted by atomic mass is 9.98. The number of hydrogen-bond acceptors (Lipinski definition) is 3. The van der Waals surface area contributed by atoms with Gasteiger partial charge in [0, 0.05) is 47.2 Å². The number of piperidine rings is 1. The summed E-state index contributed by atoms with van der Waals surface area (Å²) < 4.78 is 33.2. The van der Waals surface area contributed by atoms with Crippen LogP contribution in [0.4, 0.5) is 8.78 Å². The smallest absolute Gasteiger partial charge is 0.254 e. The Morgan fingerprint density at radius 3 is 2.43 bits per heavy atom. The molecule has 7 heteroatoms. The first-order valence-corrected chi connectivity index (χ1v) is 13.2. The van der Waals surface area contributed by atoms with E-state index in [2.05, 4.69) is 0 Å². The molecule has 3 atom stereocenters. The Kier molecular flexibility index (Phi) is 7.03. The molecule has 3 nitrogen and oxygen atoms in total. The summed E-state index contributed by atoms with van der Waals surface area (Å²) in [6.07, 6.45) is 3.60. The standard InChI is InChI=1S/C28H26ClF2NO2S/c1-17-2-10-24(29)26(12-17)34-23-14-21-8-9-22(15-23)32(21)28(33)19-5-3-18(4-6-19)16-35-27-11-7-20(30)13-25(27)31/h2-7,10-13,21-23H,8-9,14-16H2,1H3/t21-,22+,23?. The molecule has 0 spiro atoms. The van der Waals surface area contributed by atoms with Crippen LogP contribution in [0.5, 0.6) is 5.75 Å². The molecule has 0 radical (unpaired) electrons. The lowest BCUT2D eigenvalue weighted by Gasteiger charge is -2.39. The second kappa shape index (κ2) is 10.2. The van der Waals surface area contributed by atoms with Gasteiger partial charge in [0.2, 0.25) is 0 Å². The lowest BCUT2D eigenvalue weighted by Crippen LogP contribution is -2.49. The van der Waals surface area contributed by atoms with E-state index in [-0.39, 0.29) is 24.1 Å². The maximum absolute atomic E-state index is 13.9. The fraction of sp³-hybridized carbons (Fsp3) is 0.321. The van der Waals surface area contributed by atoms with Gasteiger partial charge in [-0.25, -0.2) is 8.78 Å². The van der Waals surface area contributed by atoms with Gasteiger partial charge in [-0.05, 0) is 67.3 Å². The number of rotatable bonds is 6. The molecular weight excluding hydrogens is 488 g/mol. The predicted octanol–water partition coefficient (Wildman–Crippen LogP) is 7.43. The number of thioether (sulfide) groups is 1. The summed E-state index contributed by atoms with van der Waals surface area (Å²) >= 11 is 7.63. The van der Waals surface area contributed by atoms with E-state index in [0.717, 1.165) is 42.9 Å². The number of amides is 1. The predicted molar refractivity (Wildman–Crippen MR) is 135 cm³/mol. The molecule has 0 aliphatic carbocycles. The van der Waals surface area contributed by atoms with Gasteiger partial charge in [0.25, 0.3) is 5.91 Å². The zero-order valence-corrected chi connectivity index (χ0v) is 20.9. The number of aryl methyl sites for hydroxylation is 1. The first-order chi connectivity index (χ1) is 16.9. The molecule has 0 saturated carbocycles. The van der Waals surface area contributed by atoms with Crippen LogP contribution in [-0.2, 0) is 5.75 Å². The van der Waals surface area contributed by atoms with Crippen LogP contribution in [0.2, 0.25) is 5.02 Å². The first kappa shape index (κ1) is 24.1. The molecule has 3 aromatic carbocycles. The quantitative estimate of drug-likeness (QED) is 0.321. The molecule has 182 valence electrons. The maximum atomic E-state index is 13.9. The van der Waals surface area contributed by atoms with E-state index in [4.69, 9.17) is 16.3 Å². The molecule has 2 saturated heterocycles. The zero-order chi connectivity index (χ0) is 24.5. The number of ether oxygens (including phenoxy) is 1. The molecule has 35 heavy (non-hydrogen) atoms. The first-order valence-electron chi connectivity index (χ1n) is 11.8. The Morgan fingerprint density at radius 1 is 1.03 bits per heavy atom. The van der Waals surface area contributed by atoms with Crippen molar-refractivity contribution < 1.29 is 18.3 Å². The van der Waals surface area contributed by atoms with Gasteiger partial charge < -0.3 is 9.64 Å². The van der Waals surface area contributed by atoms with Crippen molar-refractivity contribution in [2.45, 2.75) is 61.4 Å². The summed E-state index contributed by atoms with van der Waals surface area (Å²) in [5.41, 5.74) is 2.73. The highest BCUT2D eigenvalue weighted by Crippen LogP contribution is 2.39. The molecule has 3 aromatic rings. The Hall–Kier alpha value is -2.57. The van der Waals surface area contributed by atoms with Gasteiger partial charge in [-0.1, -0.05) is 29.8 Å². The van der Waals surface area contributed by atoms with Crippen molar-refractivity contribution in [3.05, 3.63) is 94.0 Å². The third-order valence-electron chi connectivity index (χ3n) is 6.79. The summed E-state index contributed by atoms with van der Waals surface area (Å²) in [7, 11) is 0. The van der Waals surface area contributed by atoms with E-state index < -0.39 is 11.6 Å². The normalized spacial score (nSPS) is 21.3. The summed E-state index contributed by atoms with van der Waals surface area (Å²) in [6, 6.07) is 17.2. The second-order valence-corrected chi connectivity index (χ2v) is 10.7. The number of carbonyl (C=O) groups excluding carboxylic acids is 1. The minimum atomic E-state index is -0.585. The topological polar surface area (TPSA) is 29.5 Å². The molecular formula is C28H26ClF2NO2S. The number of fused-ring (bicyclic) bond motifs is 2. The van der Waals surface area contributed by atoms with Crippen molar-refractivity contribution in [3.8, 4) is 5.75 Å². The number of carbonyl (C=O) groups is 1. The monoisotopic (exact) mass is 513 g/mol. The average Bonchev–Trinajstić information content (AvgIpc) is 3.11. The van der Waals surface area contributed by atoms with Crippen LogP contribution in [0.25, 0.3) is 0 Å². The molecule has 2 heterocycles. The van der Waals surface area contributed by atoms with Gasteiger partial charge in [0.1, 0.15) is 23.5 Å². The van der Waals surface area contributed by atoms with E-state index >= 15 is 0 Å². The Bertz CT molecular complexity index is 1220. The fourth-order valence-corrected chi connectivity index (χ4v) is 6.12. The summed E-state index contributed by atoms with van der Waals surface area (Å²) in [4.78, 5) is 15.8. The summed E-state index contributed by atoms with van der Waals surface area (Å²) in [5.74, 6) is 0.151. The molecule has 0 N–H and O–H groups in total. The highest BCUT2D eigenvalue weighted by Gasteiger charge is 2.44. The van der Waals surface area contributed by atoms with Gasteiger partial charge in [0.15, 0.2) is 0 Å². The minimum absolute atomic E-state index is 0.0436. The highest BCUT2D eigenvalue weighted by atomic mass is 35.5. The van der Waals surface area contributed by atoms with Crippen molar-refractivity contribution >= 4 is 29.3 Å². The van der Waals surface area contributed by atoms with E-state index in [1.807, 2.05) is 54.3 Å². The van der Waals surface area contributed by atoms with Crippen molar-refractivity contribution in [3.63, 3.8) is 0 Å². The molecule has 1 unspecified atom stereocenters. The van der Waals surface area contributed by atoms with Crippen molar-refractivity contribution in [2.24, 2.45) is 0 Å². The van der Waals surface area contributed by atoms with Crippen molar-refractivity contribution in [1.29, 1.82) is 0 Å². The van der Waals surface area contributed by atoms with Gasteiger partial charge in [-0.3, -0.25) is 4.79 Å². The lowest BCUT2D eigenvalue weighted by molar-refractivity contribution is 0.0359. The summed E-state index contributed by atoms with van der Waals surface area (Å²) in [5, 5.41) is 0.613. The van der Waals surface area contributed by atoms with E-state index in [9.17, 15) is 13.6 Å². The van der Waals surface area contributed by atoms with Crippen LogP contribution in [0.15, 0.2) is 65.6 Å². The summed E-state index contributed by atoms with van der Waals surface area (Å²) in [6.45, 7) is 2.01. The van der Waals surface area contributed by atoms with Crippen LogP contribution < -0.4 is 4.74 Å². The number of nitrogens with zero attached hydrogens (tertiary/aromatic N) is 1. The van der Waals surface area contributed by atoms with Crippen molar-refractivity contribution in [1.82, 2.24) is 4.90 Å². The SMILES string of the molecule is Cc1ccc(Cl)c(OC2C[C@H]3CC[C@@H](C2)N3C(=O)c2ccc(CSc3ccc(F)cc3F)cc2)c1. The number of halogens is 3. The molecule has 5 rings (SSSR count). The van der Waals surface area contributed by atoms with E-state index in [0.29, 0.717) is 27.0 Å². The van der Waals surface area contributed by atoms with Crippen LogP contribution in [0.3, 0.4) is 0 Å². The fourth-order valence-electron chi connectivity index (χ4n) is 5.08. The molecule has 2 bridgehead atoms. The Labute approximate surface area is 213 Å². The average molecular weight is 514 g/mol. The van der Waals surface area contributed by atoms with Gasteiger partial charge in [0.05, 0.1) is 5.02 Å². The minimum Gasteiger partial charge on any atom is -0.489 e. The molecule has 1 amide bonds. The van der Waals surface area contributed by atoms with Crippen LogP contribution in [0, 0.1) is 18.6 Å². The van der Waals surface area contributed by atoms with Crippen LogP contribution >= 0.6 is 23.4 Å². The third-order valence-corrected chi connectivity index (χ3v) is 8.23. The van der Waals surface area contributed by atoms with Gasteiger partial charge >= 0.3 is 0 Å². The number of benzene rings is 3. The molecule has 2 aliphatic rings. The van der Waals surface area contributed by atoms with E-state index in [1.165, 1.54) is 23.9 Å². The Morgan fingerprint density at radius 2 is 1.74 bits per heavy atom. The van der Waals surface area contributed by atoms with Crippen molar-refractivity contribution in [2.75, 3.05) is 0 Å².